The molecule has 0 spiro atoms. The van der Waals surface area contributed by atoms with Gasteiger partial charge in [0.25, 0.3) is 0 Å². The molecular weight excluding hydrogens is 488 g/mol. The Morgan fingerprint density at radius 3 is 2.40 bits per heavy atom. The Morgan fingerprint density at radius 1 is 1.06 bits per heavy atom. The van der Waals surface area contributed by atoms with Crippen LogP contribution >= 0.6 is 11.3 Å². The van der Waals surface area contributed by atoms with Crippen LogP contribution in [0.25, 0.3) is 26.6 Å². The number of rotatable bonds is 4. The van der Waals surface area contributed by atoms with Gasteiger partial charge in [-0.2, -0.15) is 13.2 Å². The molecule has 178 valence electrons. The number of ketones is 1. The Morgan fingerprint density at radius 2 is 1.77 bits per heavy atom. The zero-order valence-electron chi connectivity index (χ0n) is 17.7. The lowest BCUT2D eigenvalue weighted by Gasteiger charge is -2.11. The highest BCUT2D eigenvalue weighted by Gasteiger charge is 2.34. The molecule has 2 aromatic carbocycles. The fraction of sp³-hybridized carbons (Fsp3) is 0.0833. The molecule has 3 aromatic heterocycles. The summed E-state index contributed by atoms with van der Waals surface area (Å²) in [4.78, 5) is 17.6. The number of carbonyl (C=O) groups excluding carboxylic acids is 1. The van der Waals surface area contributed by atoms with Crippen LogP contribution in [0.5, 0.6) is 11.6 Å². The van der Waals surface area contributed by atoms with Crippen LogP contribution in [0.1, 0.15) is 27.4 Å². The van der Waals surface area contributed by atoms with Crippen molar-refractivity contribution in [2.45, 2.75) is 13.1 Å². The first-order valence-electron chi connectivity index (χ1n) is 10.1. The van der Waals surface area contributed by atoms with Gasteiger partial charge in [-0.1, -0.05) is 23.5 Å². The summed E-state index contributed by atoms with van der Waals surface area (Å²) in [5.74, 6) is -2.60. The van der Waals surface area contributed by atoms with Crippen LogP contribution in [0.15, 0.2) is 59.0 Å². The van der Waals surface area contributed by atoms with Crippen molar-refractivity contribution >= 4 is 27.3 Å². The number of furan rings is 1. The minimum atomic E-state index is -4.59. The van der Waals surface area contributed by atoms with E-state index in [2.05, 4.69) is 4.98 Å². The third-order valence-electron chi connectivity index (χ3n) is 5.33. The van der Waals surface area contributed by atoms with E-state index in [1.54, 1.807) is 6.92 Å². The third kappa shape index (κ3) is 3.83. The Bertz CT molecular complexity index is 1600. The number of fused-ring (bicyclic) bond motifs is 1. The maximum atomic E-state index is 13.7. The maximum Gasteiger partial charge on any atom is 0.416 e. The highest BCUT2D eigenvalue weighted by molar-refractivity contribution is 7.20. The van der Waals surface area contributed by atoms with Gasteiger partial charge in [0.1, 0.15) is 11.6 Å². The van der Waals surface area contributed by atoms with E-state index in [9.17, 15) is 32.6 Å². The fourth-order valence-corrected chi connectivity index (χ4v) is 4.70. The number of halogens is 4. The molecule has 11 heteroatoms. The number of benzene rings is 2. The van der Waals surface area contributed by atoms with Gasteiger partial charge in [-0.25, -0.2) is 9.37 Å². The molecule has 0 fully saturated rings. The van der Waals surface area contributed by atoms with Crippen molar-refractivity contribution in [1.29, 1.82) is 0 Å². The van der Waals surface area contributed by atoms with Crippen molar-refractivity contribution in [1.82, 2.24) is 9.55 Å². The van der Waals surface area contributed by atoms with Crippen LogP contribution < -0.4 is 0 Å². The van der Waals surface area contributed by atoms with Crippen LogP contribution in [0.2, 0.25) is 0 Å². The van der Waals surface area contributed by atoms with Crippen molar-refractivity contribution in [2.24, 2.45) is 0 Å². The molecule has 0 saturated heterocycles. The van der Waals surface area contributed by atoms with Crippen molar-refractivity contribution in [3.63, 3.8) is 0 Å². The Kier molecular flexibility index (Phi) is 5.17. The van der Waals surface area contributed by atoms with E-state index < -0.39 is 35.0 Å². The number of aromatic hydroxyl groups is 2. The second kappa shape index (κ2) is 7.98. The summed E-state index contributed by atoms with van der Waals surface area (Å²) >= 11 is 0.955. The summed E-state index contributed by atoms with van der Waals surface area (Å²) in [6.07, 6.45) is -4.59. The Labute approximate surface area is 198 Å². The average Bonchev–Trinajstić information content (AvgIpc) is 3.49. The van der Waals surface area contributed by atoms with E-state index >= 15 is 0 Å². The monoisotopic (exact) mass is 502 g/mol. The first-order valence-corrected chi connectivity index (χ1v) is 10.9. The minimum Gasteiger partial charge on any atom is -0.503 e. The fourth-order valence-electron chi connectivity index (χ4n) is 3.70. The summed E-state index contributed by atoms with van der Waals surface area (Å²) in [6, 6.07) is 10.6. The van der Waals surface area contributed by atoms with E-state index in [0.717, 1.165) is 40.2 Å². The molecular formula is C24H14F4N2O4S. The van der Waals surface area contributed by atoms with E-state index in [1.807, 2.05) is 0 Å². The van der Waals surface area contributed by atoms with Crippen LogP contribution in [0.3, 0.4) is 0 Å². The van der Waals surface area contributed by atoms with Crippen LogP contribution in [-0.2, 0) is 6.18 Å². The predicted octanol–water partition coefficient (Wildman–Crippen LogP) is 6.46. The molecule has 5 aromatic rings. The number of hydrogen-bond acceptors (Lipinski definition) is 6. The standard InChI is InChI=1S/C24H14F4N2O4S/c1-11-2-9-16(34-11)20(31)18-19(12-3-5-13(6-4-12)24(26,27)28)30(22(33)21(18)32)23-29-15-8-7-14(25)10-17(15)35-23/h2-10,32-33H,1H3. The van der Waals surface area contributed by atoms with E-state index in [4.69, 9.17) is 4.42 Å². The third-order valence-corrected chi connectivity index (χ3v) is 6.33. The van der Waals surface area contributed by atoms with Gasteiger partial charge in [0, 0.05) is 0 Å². The van der Waals surface area contributed by atoms with Crippen molar-refractivity contribution < 1.29 is 37.0 Å². The Hall–Kier alpha value is -4.12. The van der Waals surface area contributed by atoms with Crippen molar-refractivity contribution in [3.05, 3.63) is 83.1 Å². The van der Waals surface area contributed by atoms with Crippen LogP contribution in [-0.4, -0.2) is 25.5 Å². The number of carbonyl (C=O) groups is 1. The molecule has 0 unspecified atom stereocenters. The molecule has 0 aliphatic rings. The second-order valence-electron chi connectivity index (χ2n) is 7.65. The molecule has 5 rings (SSSR count). The lowest BCUT2D eigenvalue weighted by molar-refractivity contribution is -0.137. The molecule has 0 atom stereocenters. The summed E-state index contributed by atoms with van der Waals surface area (Å²) in [6.45, 7) is 1.61. The summed E-state index contributed by atoms with van der Waals surface area (Å²) in [7, 11) is 0. The second-order valence-corrected chi connectivity index (χ2v) is 8.66. The predicted molar refractivity (Wildman–Crippen MR) is 120 cm³/mol. The molecule has 0 saturated carbocycles. The molecule has 35 heavy (non-hydrogen) atoms. The highest BCUT2D eigenvalue weighted by Crippen LogP contribution is 2.45. The van der Waals surface area contributed by atoms with Gasteiger partial charge < -0.3 is 14.6 Å². The molecule has 0 bridgehead atoms. The Balaban J connectivity index is 1.78. The summed E-state index contributed by atoms with van der Waals surface area (Å²) in [5.41, 5.74) is -0.940. The number of alkyl halides is 3. The molecule has 0 aliphatic carbocycles. The lowest BCUT2D eigenvalue weighted by Crippen LogP contribution is -2.06. The number of aryl methyl sites for hydroxylation is 1. The van der Waals surface area contributed by atoms with Crippen LogP contribution in [0, 0.1) is 12.7 Å². The van der Waals surface area contributed by atoms with Crippen LogP contribution in [0.4, 0.5) is 17.6 Å². The smallest absolute Gasteiger partial charge is 0.416 e. The van der Waals surface area contributed by atoms with E-state index in [0.29, 0.717) is 16.0 Å². The number of hydrogen-bond donors (Lipinski definition) is 2. The van der Waals surface area contributed by atoms with Crippen molar-refractivity contribution in [3.8, 4) is 28.0 Å². The molecule has 0 aliphatic heterocycles. The first kappa shape index (κ1) is 22.7. The first-order chi connectivity index (χ1) is 16.5. The molecule has 0 radical (unpaired) electrons. The molecule has 3 heterocycles. The normalized spacial score (nSPS) is 11.9. The van der Waals surface area contributed by atoms with Crippen molar-refractivity contribution in [2.75, 3.05) is 0 Å². The van der Waals surface area contributed by atoms with Gasteiger partial charge >= 0.3 is 6.18 Å². The quantitative estimate of drug-likeness (QED) is 0.218. The number of thiazole rings is 1. The molecule has 6 nitrogen and oxygen atoms in total. The highest BCUT2D eigenvalue weighted by atomic mass is 32.1. The minimum absolute atomic E-state index is 0.0583. The molecule has 0 amide bonds. The number of nitrogens with zero attached hydrogens (tertiary/aromatic N) is 2. The van der Waals surface area contributed by atoms with Gasteiger partial charge in [0.2, 0.25) is 11.7 Å². The lowest BCUT2D eigenvalue weighted by atomic mass is 10.0. The van der Waals surface area contributed by atoms with Gasteiger partial charge in [-0.15, -0.1) is 0 Å². The topological polar surface area (TPSA) is 88.5 Å². The van der Waals surface area contributed by atoms with Gasteiger partial charge in [0.15, 0.2) is 16.6 Å². The van der Waals surface area contributed by atoms with Gasteiger partial charge in [-0.05, 0) is 55.0 Å². The van der Waals surface area contributed by atoms with Gasteiger partial charge in [-0.3, -0.25) is 9.36 Å². The summed E-state index contributed by atoms with van der Waals surface area (Å²) < 4.78 is 59.9. The largest absolute Gasteiger partial charge is 0.503 e. The average molecular weight is 502 g/mol. The van der Waals surface area contributed by atoms with E-state index in [1.165, 1.54) is 30.3 Å². The summed E-state index contributed by atoms with van der Waals surface area (Å²) in [5, 5.41) is 21.6. The zero-order chi connectivity index (χ0) is 25.1. The SMILES string of the molecule is Cc1ccc(C(=O)c2c(O)c(O)n(-c3nc4ccc(F)cc4s3)c2-c2ccc(C(F)(F)F)cc2)o1. The molecule has 2 N–H and O–H groups in total. The number of aromatic nitrogens is 2. The van der Waals surface area contributed by atoms with E-state index in [-0.39, 0.29) is 27.7 Å². The van der Waals surface area contributed by atoms with Gasteiger partial charge in [0.05, 0.1) is 27.0 Å². The zero-order valence-corrected chi connectivity index (χ0v) is 18.5. The maximum absolute atomic E-state index is 13.7.